The molecule has 1 amide bonds. The molecule has 0 heterocycles. The molecular formula is C17H24ClNO3. The molecule has 1 aromatic carbocycles. The molecule has 0 radical (unpaired) electrons. The molecule has 0 saturated heterocycles. The van der Waals surface area contributed by atoms with Crippen molar-refractivity contribution >= 4 is 23.5 Å². The van der Waals surface area contributed by atoms with Crippen LogP contribution in [0.1, 0.15) is 25.8 Å². The van der Waals surface area contributed by atoms with Gasteiger partial charge < -0.3 is 10.1 Å². The number of amides is 1. The number of benzene rings is 1. The van der Waals surface area contributed by atoms with Crippen molar-refractivity contribution < 1.29 is 14.3 Å². The summed E-state index contributed by atoms with van der Waals surface area (Å²) < 4.78 is 4.76. The van der Waals surface area contributed by atoms with Crippen LogP contribution in [0.5, 0.6) is 0 Å². The highest BCUT2D eigenvalue weighted by molar-refractivity contribution is 6.19. The van der Waals surface area contributed by atoms with Crippen molar-refractivity contribution in [2.75, 3.05) is 13.0 Å². The maximum atomic E-state index is 12.4. The number of methoxy groups -OCH3 is 1. The zero-order valence-electron chi connectivity index (χ0n) is 13.3. The van der Waals surface area contributed by atoms with Crippen LogP contribution in [0.25, 0.3) is 0 Å². The maximum Gasteiger partial charge on any atom is 0.328 e. The van der Waals surface area contributed by atoms with E-state index in [1.54, 1.807) is 0 Å². The third-order valence-corrected chi connectivity index (χ3v) is 3.76. The molecule has 122 valence electrons. The van der Waals surface area contributed by atoms with E-state index >= 15 is 0 Å². The number of esters is 1. The topological polar surface area (TPSA) is 55.4 Å². The molecule has 22 heavy (non-hydrogen) atoms. The fourth-order valence-corrected chi connectivity index (χ4v) is 2.48. The zero-order chi connectivity index (χ0) is 16.5. The van der Waals surface area contributed by atoms with Crippen LogP contribution in [0, 0.1) is 11.8 Å². The van der Waals surface area contributed by atoms with Gasteiger partial charge in [-0.05, 0) is 24.3 Å². The fourth-order valence-electron chi connectivity index (χ4n) is 2.23. The van der Waals surface area contributed by atoms with E-state index in [0.29, 0.717) is 12.8 Å². The van der Waals surface area contributed by atoms with Gasteiger partial charge in [0.15, 0.2) is 0 Å². The molecule has 0 aromatic heterocycles. The molecule has 5 heteroatoms. The van der Waals surface area contributed by atoms with Gasteiger partial charge in [-0.25, -0.2) is 4.79 Å². The molecule has 1 N–H and O–H groups in total. The number of ether oxygens (including phenoxy) is 1. The lowest BCUT2D eigenvalue weighted by molar-refractivity contribution is -0.146. The van der Waals surface area contributed by atoms with Crippen LogP contribution in [-0.4, -0.2) is 30.9 Å². The number of carbonyl (C=O) groups is 2. The quantitative estimate of drug-likeness (QED) is 0.590. The first-order valence-electron chi connectivity index (χ1n) is 7.46. The number of halogens is 1. The van der Waals surface area contributed by atoms with Crippen LogP contribution >= 0.6 is 11.6 Å². The van der Waals surface area contributed by atoms with Gasteiger partial charge in [0, 0.05) is 5.88 Å². The van der Waals surface area contributed by atoms with Crippen molar-refractivity contribution in [3.63, 3.8) is 0 Å². The Kier molecular flexibility index (Phi) is 7.96. The molecule has 0 spiro atoms. The van der Waals surface area contributed by atoms with E-state index in [2.05, 4.69) is 5.32 Å². The van der Waals surface area contributed by atoms with E-state index in [0.717, 1.165) is 5.56 Å². The van der Waals surface area contributed by atoms with Gasteiger partial charge in [-0.3, -0.25) is 4.79 Å². The Bertz CT molecular complexity index is 476. The highest BCUT2D eigenvalue weighted by Gasteiger charge is 2.26. The summed E-state index contributed by atoms with van der Waals surface area (Å²) in [5, 5.41) is 2.77. The largest absolute Gasteiger partial charge is 0.467 e. The van der Waals surface area contributed by atoms with Crippen molar-refractivity contribution in [3.05, 3.63) is 35.9 Å². The lowest BCUT2D eigenvalue weighted by atomic mass is 9.98. The molecule has 2 atom stereocenters. The summed E-state index contributed by atoms with van der Waals surface area (Å²) in [6, 6.07) is 9.06. The molecule has 2 unspecified atom stereocenters. The smallest absolute Gasteiger partial charge is 0.328 e. The SMILES string of the molecule is COC(=O)C(CC(C)C)NC(=O)C(CCl)Cc1ccccc1. The molecule has 1 aromatic rings. The van der Waals surface area contributed by atoms with Crippen molar-refractivity contribution in [3.8, 4) is 0 Å². The number of alkyl halides is 1. The lowest BCUT2D eigenvalue weighted by Crippen LogP contribution is -2.45. The van der Waals surface area contributed by atoms with E-state index in [9.17, 15) is 9.59 Å². The highest BCUT2D eigenvalue weighted by atomic mass is 35.5. The molecule has 0 aliphatic carbocycles. The van der Waals surface area contributed by atoms with Crippen LogP contribution in [-0.2, 0) is 20.7 Å². The maximum absolute atomic E-state index is 12.4. The standard InChI is InChI=1S/C17H24ClNO3/c1-12(2)9-15(17(21)22-3)19-16(20)14(11-18)10-13-7-5-4-6-8-13/h4-8,12,14-15H,9-11H2,1-3H3,(H,19,20). The molecular weight excluding hydrogens is 302 g/mol. The Balaban J connectivity index is 2.71. The summed E-state index contributed by atoms with van der Waals surface area (Å²) in [6.45, 7) is 3.98. The van der Waals surface area contributed by atoms with Crippen LogP contribution in [0.2, 0.25) is 0 Å². The van der Waals surface area contributed by atoms with Gasteiger partial charge in [-0.2, -0.15) is 0 Å². The normalized spacial score (nSPS) is 13.5. The van der Waals surface area contributed by atoms with E-state index in [4.69, 9.17) is 16.3 Å². The number of hydrogen-bond acceptors (Lipinski definition) is 3. The first kappa shape index (κ1) is 18.5. The molecule has 0 bridgehead atoms. The van der Waals surface area contributed by atoms with E-state index < -0.39 is 12.0 Å². The summed E-state index contributed by atoms with van der Waals surface area (Å²) in [5.41, 5.74) is 1.04. The fraction of sp³-hybridized carbons (Fsp3) is 0.529. The van der Waals surface area contributed by atoms with Crippen LogP contribution in [0.15, 0.2) is 30.3 Å². The first-order chi connectivity index (χ1) is 10.5. The minimum Gasteiger partial charge on any atom is -0.467 e. The number of rotatable bonds is 8. The van der Waals surface area contributed by atoms with Gasteiger partial charge >= 0.3 is 5.97 Å². The molecule has 0 aliphatic rings. The van der Waals surface area contributed by atoms with Crippen LogP contribution in [0.4, 0.5) is 0 Å². The number of nitrogens with one attached hydrogen (secondary N) is 1. The predicted octanol–water partition coefficient (Wildman–Crippen LogP) is 2.79. The van der Waals surface area contributed by atoms with Crippen LogP contribution < -0.4 is 5.32 Å². The monoisotopic (exact) mass is 325 g/mol. The second-order valence-corrected chi connectivity index (χ2v) is 6.06. The van der Waals surface area contributed by atoms with E-state index in [1.807, 2.05) is 44.2 Å². The average molecular weight is 326 g/mol. The van der Waals surface area contributed by atoms with Gasteiger partial charge in [0.05, 0.1) is 13.0 Å². The molecule has 0 fully saturated rings. The number of carbonyl (C=O) groups excluding carboxylic acids is 2. The molecule has 0 aliphatic heterocycles. The average Bonchev–Trinajstić information content (AvgIpc) is 2.51. The predicted molar refractivity (Wildman–Crippen MR) is 87.8 cm³/mol. The van der Waals surface area contributed by atoms with Crippen molar-refractivity contribution in [2.24, 2.45) is 11.8 Å². The summed E-state index contributed by atoms with van der Waals surface area (Å²) >= 11 is 5.94. The third-order valence-electron chi connectivity index (χ3n) is 3.39. The Morgan fingerprint density at radius 3 is 2.36 bits per heavy atom. The molecule has 4 nitrogen and oxygen atoms in total. The van der Waals surface area contributed by atoms with E-state index in [-0.39, 0.29) is 23.6 Å². The Morgan fingerprint density at radius 2 is 1.86 bits per heavy atom. The number of hydrogen-bond donors (Lipinski definition) is 1. The minimum absolute atomic E-state index is 0.205. The van der Waals surface area contributed by atoms with Crippen molar-refractivity contribution in [1.82, 2.24) is 5.32 Å². The Hall–Kier alpha value is -1.55. The summed E-state index contributed by atoms with van der Waals surface area (Å²) in [7, 11) is 1.32. The zero-order valence-corrected chi connectivity index (χ0v) is 14.1. The van der Waals surface area contributed by atoms with Crippen molar-refractivity contribution in [2.45, 2.75) is 32.7 Å². The van der Waals surface area contributed by atoms with Gasteiger partial charge in [-0.15, -0.1) is 11.6 Å². The summed E-state index contributed by atoms with van der Waals surface area (Å²) in [4.78, 5) is 24.2. The van der Waals surface area contributed by atoms with Crippen molar-refractivity contribution in [1.29, 1.82) is 0 Å². The van der Waals surface area contributed by atoms with Gasteiger partial charge in [0.25, 0.3) is 0 Å². The Morgan fingerprint density at radius 1 is 1.23 bits per heavy atom. The van der Waals surface area contributed by atoms with Gasteiger partial charge in [-0.1, -0.05) is 44.2 Å². The van der Waals surface area contributed by atoms with Crippen LogP contribution in [0.3, 0.4) is 0 Å². The Labute approximate surface area is 137 Å². The minimum atomic E-state index is -0.626. The van der Waals surface area contributed by atoms with Gasteiger partial charge in [0.1, 0.15) is 6.04 Å². The lowest BCUT2D eigenvalue weighted by Gasteiger charge is -2.21. The van der Waals surface area contributed by atoms with E-state index in [1.165, 1.54) is 7.11 Å². The second-order valence-electron chi connectivity index (χ2n) is 5.75. The second kappa shape index (κ2) is 9.46. The third kappa shape index (κ3) is 6.06. The molecule has 0 saturated carbocycles. The molecule has 1 rings (SSSR count). The summed E-state index contributed by atoms with van der Waals surface area (Å²) in [6.07, 6.45) is 1.09. The van der Waals surface area contributed by atoms with Gasteiger partial charge in [0.2, 0.25) is 5.91 Å². The first-order valence-corrected chi connectivity index (χ1v) is 7.99. The highest BCUT2D eigenvalue weighted by Crippen LogP contribution is 2.13. The summed E-state index contributed by atoms with van der Waals surface area (Å²) in [5.74, 6) is -0.530.